The summed E-state index contributed by atoms with van der Waals surface area (Å²) in [7, 11) is 0. The maximum atomic E-state index is 12.7. The van der Waals surface area contributed by atoms with Crippen molar-refractivity contribution in [1.82, 2.24) is 5.32 Å². The molecule has 0 unspecified atom stereocenters. The Bertz CT molecular complexity index is 811. The quantitative estimate of drug-likeness (QED) is 0.0425. The number of thioether (sulfide) groups is 1. The number of hydrogen-bond donors (Lipinski definition) is 3. The summed E-state index contributed by atoms with van der Waals surface area (Å²) >= 11 is 1.42. The van der Waals surface area contributed by atoms with E-state index in [1.165, 1.54) is 88.8 Å². The molecule has 0 aliphatic carbocycles. The molecule has 11 nitrogen and oxygen atoms in total. The minimum atomic E-state index is -0.709. The van der Waals surface area contributed by atoms with Crippen LogP contribution in [0.2, 0.25) is 0 Å². The van der Waals surface area contributed by atoms with E-state index in [4.69, 9.17) is 35.2 Å². The molecule has 0 rings (SSSR count). The number of ether oxygens (including phenoxy) is 5. The topological polar surface area (TPSA) is 161 Å². The van der Waals surface area contributed by atoms with Gasteiger partial charge in [-0.15, -0.1) is 0 Å². The van der Waals surface area contributed by atoms with Crippen molar-refractivity contribution >= 4 is 29.6 Å². The fourth-order valence-corrected chi connectivity index (χ4v) is 6.39. The third-order valence-corrected chi connectivity index (χ3v) is 9.84. The molecular weight excluding hydrogens is 683 g/mol. The molecule has 0 bridgehead atoms. The molecule has 1 amide bonds. The monoisotopic (exact) mass is 762 g/mol. The number of amides is 1. The molecule has 0 spiro atoms. The van der Waals surface area contributed by atoms with Gasteiger partial charge in [0, 0.05) is 44.1 Å². The normalized spacial score (nSPS) is 12.5. The van der Waals surface area contributed by atoms with Crippen molar-refractivity contribution in [2.75, 3.05) is 70.8 Å². The van der Waals surface area contributed by atoms with Crippen molar-refractivity contribution in [3.05, 3.63) is 0 Å². The number of carbonyl (C=O) groups is 3. The lowest BCUT2D eigenvalue weighted by atomic mass is 10.1. The van der Waals surface area contributed by atoms with Gasteiger partial charge in [0.1, 0.15) is 12.7 Å². The Labute approximate surface area is 321 Å². The number of nitrogens with one attached hydrogen (secondary N) is 1. The number of unbranched alkanes of at least 4 members (excludes halogenated alkanes) is 16. The zero-order valence-corrected chi connectivity index (χ0v) is 34.1. The van der Waals surface area contributed by atoms with Crippen LogP contribution < -0.4 is 16.8 Å². The second-order valence-corrected chi connectivity index (χ2v) is 14.8. The lowest BCUT2D eigenvalue weighted by Crippen LogP contribution is -2.43. The third kappa shape index (κ3) is 36.9. The molecule has 0 saturated heterocycles. The van der Waals surface area contributed by atoms with Crippen LogP contribution in [0.5, 0.6) is 0 Å². The molecule has 5 N–H and O–H groups in total. The van der Waals surface area contributed by atoms with Crippen molar-refractivity contribution in [1.29, 1.82) is 0 Å². The molecule has 0 aliphatic rings. The van der Waals surface area contributed by atoms with Crippen LogP contribution in [0.25, 0.3) is 0 Å². The minimum absolute atomic E-state index is 0.0157. The molecule has 0 aromatic rings. The second-order valence-electron chi connectivity index (χ2n) is 13.7. The Morgan fingerprint density at radius 3 is 1.56 bits per heavy atom. The molecular formula is C40H79N3O8S. The first-order valence-electron chi connectivity index (χ1n) is 20.8. The maximum absolute atomic E-state index is 12.7. The molecule has 0 heterocycles. The average molecular weight is 762 g/mol. The van der Waals surface area contributed by atoms with E-state index >= 15 is 0 Å². The van der Waals surface area contributed by atoms with Crippen molar-refractivity contribution in [2.45, 2.75) is 167 Å². The highest BCUT2D eigenvalue weighted by Gasteiger charge is 2.20. The number of carbonyl (C=O) groups excluding carboxylic acids is 3. The summed E-state index contributed by atoms with van der Waals surface area (Å²) in [5, 5.41) is 2.85. The molecule has 0 radical (unpaired) electrons. The summed E-state index contributed by atoms with van der Waals surface area (Å²) in [6.45, 7) is 8.74. The van der Waals surface area contributed by atoms with E-state index in [0.717, 1.165) is 44.9 Å². The van der Waals surface area contributed by atoms with Gasteiger partial charge in [-0.25, -0.2) is 0 Å². The zero-order chi connectivity index (χ0) is 38.2. The maximum Gasteiger partial charge on any atom is 0.306 e. The highest BCUT2D eigenvalue weighted by atomic mass is 32.2. The summed E-state index contributed by atoms with van der Waals surface area (Å²) in [5.41, 5.74) is 11.6. The minimum Gasteiger partial charge on any atom is -0.462 e. The molecule has 0 saturated carbocycles. The van der Waals surface area contributed by atoms with E-state index in [-0.39, 0.29) is 24.5 Å². The number of nitrogens with two attached hydrogens (primary N) is 2. The summed E-state index contributed by atoms with van der Waals surface area (Å²) in [5.74, 6) is -0.0209. The zero-order valence-electron chi connectivity index (χ0n) is 33.3. The van der Waals surface area contributed by atoms with E-state index in [2.05, 4.69) is 19.2 Å². The molecule has 2 atom stereocenters. The Morgan fingerprint density at radius 2 is 1.04 bits per heavy atom. The summed E-state index contributed by atoms with van der Waals surface area (Å²) < 4.78 is 27.7. The van der Waals surface area contributed by atoms with Gasteiger partial charge in [-0.05, 0) is 32.2 Å². The van der Waals surface area contributed by atoms with Crippen LogP contribution in [-0.4, -0.2) is 101 Å². The van der Waals surface area contributed by atoms with Gasteiger partial charge in [0.05, 0.1) is 32.5 Å². The third-order valence-electron chi connectivity index (χ3n) is 8.64. The predicted molar refractivity (Wildman–Crippen MR) is 214 cm³/mol. The highest BCUT2D eigenvalue weighted by molar-refractivity contribution is 7.99. The van der Waals surface area contributed by atoms with E-state index < -0.39 is 12.1 Å². The largest absolute Gasteiger partial charge is 0.462 e. The number of hydrogen-bond acceptors (Lipinski definition) is 11. The van der Waals surface area contributed by atoms with Gasteiger partial charge in [-0.2, -0.15) is 11.8 Å². The number of esters is 2. The second kappa shape index (κ2) is 40.7. The smallest absolute Gasteiger partial charge is 0.306 e. The van der Waals surface area contributed by atoms with Gasteiger partial charge in [0.25, 0.3) is 0 Å². The van der Waals surface area contributed by atoms with Crippen LogP contribution in [-0.2, 0) is 38.1 Å². The van der Waals surface area contributed by atoms with Gasteiger partial charge in [-0.3, -0.25) is 14.4 Å². The summed E-state index contributed by atoms with van der Waals surface area (Å²) in [6.07, 6.45) is 22.8. The van der Waals surface area contributed by atoms with Crippen molar-refractivity contribution in [3.8, 4) is 0 Å². The first-order chi connectivity index (χ1) is 25.4. The fourth-order valence-electron chi connectivity index (χ4n) is 5.43. The molecule has 12 heteroatoms. The lowest BCUT2D eigenvalue weighted by molar-refractivity contribution is -0.157. The fraction of sp³-hybridized carbons (Fsp3) is 0.925. The standard InChI is InChI=1S/C40H79N3O8S/c1-3-5-7-9-11-13-15-17-19-23-38(44)50-33-36(51-39(45)24-20-18-16-14-12-10-8-6-4-2)34-52-35-37(42)40(46)43-26-22-28-48-30-32-49-31-29-47-27-21-25-41/h36-37H,3-35,41-42H2,1-2H3,(H,43,46)/t36-,37+/m1/s1. The van der Waals surface area contributed by atoms with E-state index in [1.807, 2.05) is 0 Å². The summed E-state index contributed by atoms with van der Waals surface area (Å²) in [6, 6.07) is -0.709. The molecule has 0 aliphatic heterocycles. The Hall–Kier alpha value is -1.44. The Kier molecular flexibility index (Phi) is 39.6. The predicted octanol–water partition coefficient (Wildman–Crippen LogP) is 7.25. The van der Waals surface area contributed by atoms with Crippen molar-refractivity contribution in [2.24, 2.45) is 11.5 Å². The molecule has 308 valence electrons. The molecule has 0 aromatic heterocycles. The average Bonchev–Trinajstić information content (AvgIpc) is 3.14. The van der Waals surface area contributed by atoms with Crippen LogP contribution in [0.15, 0.2) is 0 Å². The molecule has 52 heavy (non-hydrogen) atoms. The first-order valence-corrected chi connectivity index (χ1v) is 22.0. The summed E-state index contributed by atoms with van der Waals surface area (Å²) in [4.78, 5) is 37.7. The van der Waals surface area contributed by atoms with Gasteiger partial charge >= 0.3 is 11.9 Å². The SMILES string of the molecule is CCCCCCCCCCCC(=O)OC[C@H](CSC[C@H](N)C(=O)NCCCOCCOCCOCCCN)OC(=O)CCCCCCCCCCC. The van der Waals surface area contributed by atoms with Crippen LogP contribution >= 0.6 is 11.8 Å². The van der Waals surface area contributed by atoms with Crippen LogP contribution in [0, 0.1) is 0 Å². The van der Waals surface area contributed by atoms with Gasteiger partial charge < -0.3 is 40.5 Å². The highest BCUT2D eigenvalue weighted by Crippen LogP contribution is 2.14. The number of rotatable bonds is 41. The Balaban J connectivity index is 4.37. The van der Waals surface area contributed by atoms with Crippen molar-refractivity contribution in [3.63, 3.8) is 0 Å². The van der Waals surface area contributed by atoms with Crippen LogP contribution in [0.4, 0.5) is 0 Å². The van der Waals surface area contributed by atoms with Gasteiger partial charge in [0.15, 0.2) is 0 Å². The van der Waals surface area contributed by atoms with Gasteiger partial charge in [0.2, 0.25) is 5.91 Å². The molecule has 0 fully saturated rings. The first kappa shape index (κ1) is 50.6. The van der Waals surface area contributed by atoms with Crippen LogP contribution in [0.1, 0.15) is 155 Å². The Morgan fingerprint density at radius 1 is 0.577 bits per heavy atom. The van der Waals surface area contributed by atoms with Crippen LogP contribution in [0.3, 0.4) is 0 Å². The van der Waals surface area contributed by atoms with E-state index in [1.54, 1.807) is 0 Å². The van der Waals surface area contributed by atoms with E-state index in [9.17, 15) is 14.4 Å². The lowest BCUT2D eigenvalue weighted by Gasteiger charge is -2.19. The van der Waals surface area contributed by atoms with E-state index in [0.29, 0.717) is 83.5 Å². The molecule has 0 aromatic carbocycles. The van der Waals surface area contributed by atoms with Crippen molar-refractivity contribution < 1.29 is 38.1 Å². The van der Waals surface area contributed by atoms with Gasteiger partial charge in [-0.1, -0.05) is 117 Å².